The Kier molecular flexibility index (Phi) is 6.67. The van der Waals surface area contributed by atoms with E-state index >= 15 is 0 Å². The Labute approximate surface area is 182 Å². The van der Waals surface area contributed by atoms with Gasteiger partial charge in [-0.25, -0.2) is 4.98 Å². The zero-order valence-electron chi connectivity index (χ0n) is 17.1. The Hall–Kier alpha value is -2.83. The van der Waals surface area contributed by atoms with Crippen molar-refractivity contribution in [3.63, 3.8) is 0 Å². The van der Waals surface area contributed by atoms with Gasteiger partial charge >= 0.3 is 0 Å². The molecule has 30 heavy (non-hydrogen) atoms. The molecule has 0 radical (unpaired) electrons. The normalized spacial score (nSPS) is 15.6. The highest BCUT2D eigenvalue weighted by atomic mass is 32.2. The highest BCUT2D eigenvalue weighted by molar-refractivity contribution is 7.99. The van der Waals surface area contributed by atoms with Gasteiger partial charge in [-0.15, -0.1) is 0 Å². The Morgan fingerprint density at radius 1 is 0.933 bits per heavy atom. The maximum absolute atomic E-state index is 13.0. The van der Waals surface area contributed by atoms with Crippen LogP contribution in [0, 0.1) is 0 Å². The topological polar surface area (TPSA) is 48.5 Å². The van der Waals surface area contributed by atoms with Crippen LogP contribution in [0.5, 0.6) is 0 Å². The average Bonchev–Trinajstić information content (AvgIpc) is 2.81. The third kappa shape index (κ3) is 5.01. The number of benzene rings is 2. The minimum absolute atomic E-state index is 0.0300. The predicted octanol–water partition coefficient (Wildman–Crippen LogP) is 4.38. The molecule has 0 spiro atoms. The van der Waals surface area contributed by atoms with E-state index in [4.69, 9.17) is 0 Å². The molecule has 1 aliphatic rings. The fraction of sp³-hybridized carbons (Fsp3) is 0.250. The predicted molar refractivity (Wildman–Crippen MR) is 123 cm³/mol. The van der Waals surface area contributed by atoms with Crippen molar-refractivity contribution in [3.8, 4) is 0 Å². The van der Waals surface area contributed by atoms with Crippen molar-refractivity contribution in [1.82, 2.24) is 9.88 Å². The third-order valence-electron chi connectivity index (χ3n) is 5.33. The van der Waals surface area contributed by atoms with Crippen LogP contribution in [0.3, 0.4) is 0 Å². The van der Waals surface area contributed by atoms with Gasteiger partial charge in [0.1, 0.15) is 5.82 Å². The fourth-order valence-corrected chi connectivity index (χ4v) is 4.48. The number of hydrogen-bond donors (Lipinski definition) is 1. The van der Waals surface area contributed by atoms with Gasteiger partial charge < -0.3 is 10.2 Å². The molecule has 2 aromatic carbocycles. The maximum Gasteiger partial charge on any atom is 0.241 e. The van der Waals surface area contributed by atoms with E-state index in [0.29, 0.717) is 0 Å². The van der Waals surface area contributed by atoms with Crippen LogP contribution >= 0.6 is 11.8 Å². The number of hydrogen-bond acceptors (Lipinski definition) is 5. The second-order valence-electron chi connectivity index (χ2n) is 7.29. The highest BCUT2D eigenvalue weighted by Gasteiger charge is 2.26. The molecule has 1 N–H and O–H groups in total. The summed E-state index contributed by atoms with van der Waals surface area (Å²) in [7, 11) is 0. The second-order valence-corrected chi connectivity index (χ2v) is 8.40. The van der Waals surface area contributed by atoms with Crippen LogP contribution in [0.4, 0.5) is 11.5 Å². The molecular weight excluding hydrogens is 392 g/mol. The van der Waals surface area contributed by atoms with Gasteiger partial charge in [0.05, 0.1) is 11.7 Å². The van der Waals surface area contributed by atoms with Crippen molar-refractivity contribution in [3.05, 3.63) is 79.0 Å². The van der Waals surface area contributed by atoms with Crippen molar-refractivity contribution < 1.29 is 4.79 Å². The van der Waals surface area contributed by atoms with Crippen LogP contribution < -0.4 is 10.2 Å². The Bertz CT molecular complexity index is 959. The van der Waals surface area contributed by atoms with Gasteiger partial charge in [-0.1, -0.05) is 48.2 Å². The first kappa shape index (κ1) is 20.4. The van der Waals surface area contributed by atoms with Crippen LogP contribution in [0.15, 0.2) is 88.8 Å². The van der Waals surface area contributed by atoms with Gasteiger partial charge in [0, 0.05) is 42.2 Å². The lowest BCUT2D eigenvalue weighted by atomic mass is 10.2. The number of carbonyl (C=O) groups excluding carboxylic acids is 1. The quantitative estimate of drug-likeness (QED) is 0.644. The van der Waals surface area contributed by atoms with E-state index in [1.165, 1.54) is 0 Å². The number of nitrogens with one attached hydrogen (secondary N) is 1. The van der Waals surface area contributed by atoms with Crippen LogP contribution in [0.2, 0.25) is 0 Å². The van der Waals surface area contributed by atoms with Crippen LogP contribution in [0.25, 0.3) is 0 Å². The summed E-state index contributed by atoms with van der Waals surface area (Å²) in [5.74, 6) is 1.03. The van der Waals surface area contributed by atoms with E-state index < -0.39 is 0 Å². The number of pyridine rings is 1. The number of rotatable bonds is 6. The molecule has 0 aliphatic carbocycles. The molecule has 154 valence electrons. The van der Waals surface area contributed by atoms with Gasteiger partial charge in [-0.05, 0) is 43.3 Å². The first-order chi connectivity index (χ1) is 14.7. The number of para-hydroxylation sites is 1. The number of carbonyl (C=O) groups is 1. The van der Waals surface area contributed by atoms with Crippen molar-refractivity contribution >= 4 is 29.2 Å². The summed E-state index contributed by atoms with van der Waals surface area (Å²) in [4.78, 5) is 24.1. The molecule has 0 bridgehead atoms. The molecule has 2 heterocycles. The number of nitrogens with zero attached hydrogens (tertiary/aromatic N) is 3. The van der Waals surface area contributed by atoms with Crippen molar-refractivity contribution in [2.24, 2.45) is 0 Å². The van der Waals surface area contributed by atoms with Gasteiger partial charge in [-0.3, -0.25) is 9.69 Å². The lowest BCUT2D eigenvalue weighted by Crippen LogP contribution is -2.53. The first-order valence-corrected chi connectivity index (χ1v) is 11.1. The maximum atomic E-state index is 13.0. The zero-order chi connectivity index (χ0) is 20.8. The van der Waals surface area contributed by atoms with E-state index in [1.807, 2.05) is 73.8 Å². The number of aromatic nitrogens is 1. The highest BCUT2D eigenvalue weighted by Crippen LogP contribution is 2.33. The summed E-state index contributed by atoms with van der Waals surface area (Å²) in [6, 6.07) is 24.0. The second kappa shape index (κ2) is 9.78. The van der Waals surface area contributed by atoms with Gasteiger partial charge in [0.15, 0.2) is 0 Å². The molecule has 1 aliphatic heterocycles. The van der Waals surface area contributed by atoms with Gasteiger partial charge in [0.2, 0.25) is 5.91 Å². The average molecular weight is 419 g/mol. The number of amides is 1. The van der Waals surface area contributed by atoms with E-state index in [0.717, 1.165) is 47.5 Å². The van der Waals surface area contributed by atoms with Crippen molar-refractivity contribution in [2.75, 3.05) is 36.4 Å². The van der Waals surface area contributed by atoms with E-state index in [9.17, 15) is 4.79 Å². The molecule has 1 aromatic heterocycles. The zero-order valence-corrected chi connectivity index (χ0v) is 17.9. The van der Waals surface area contributed by atoms with Crippen LogP contribution in [-0.2, 0) is 4.79 Å². The van der Waals surface area contributed by atoms with Gasteiger partial charge in [-0.2, -0.15) is 0 Å². The Balaban J connectivity index is 1.36. The molecular formula is C24H26N4OS. The summed E-state index contributed by atoms with van der Waals surface area (Å²) in [6.07, 6.45) is 1.82. The summed E-state index contributed by atoms with van der Waals surface area (Å²) in [5, 5.41) is 3.14. The molecule has 4 rings (SSSR count). The minimum Gasteiger partial charge on any atom is -0.354 e. The van der Waals surface area contributed by atoms with Crippen molar-refractivity contribution in [2.45, 2.75) is 22.8 Å². The summed E-state index contributed by atoms with van der Waals surface area (Å²) >= 11 is 1.66. The smallest absolute Gasteiger partial charge is 0.241 e. The molecule has 1 atom stereocenters. The fourth-order valence-electron chi connectivity index (χ4n) is 3.56. The van der Waals surface area contributed by atoms with E-state index in [2.05, 4.69) is 32.2 Å². The lowest BCUT2D eigenvalue weighted by molar-refractivity contribution is -0.120. The molecule has 0 saturated carbocycles. The van der Waals surface area contributed by atoms with Gasteiger partial charge in [0.25, 0.3) is 0 Å². The van der Waals surface area contributed by atoms with Crippen molar-refractivity contribution in [1.29, 1.82) is 0 Å². The van der Waals surface area contributed by atoms with Crippen LogP contribution in [0.1, 0.15) is 6.92 Å². The third-order valence-corrected chi connectivity index (χ3v) is 6.41. The summed E-state index contributed by atoms with van der Waals surface area (Å²) in [5.41, 5.74) is 0.857. The van der Waals surface area contributed by atoms with E-state index in [1.54, 1.807) is 11.8 Å². The lowest BCUT2D eigenvalue weighted by Gasteiger charge is -2.38. The number of piperazine rings is 1. The van der Waals surface area contributed by atoms with Crippen LogP contribution in [-0.4, -0.2) is 48.0 Å². The molecule has 1 saturated heterocycles. The number of anilines is 2. The standard InChI is InChI=1S/C24H26N4OS/c1-19(27-15-17-28(18-16-27)23-13-7-8-14-25-23)24(29)26-21-11-5-6-12-22(21)30-20-9-3-2-4-10-20/h2-14,19H,15-18H2,1H3,(H,26,29)/t19-/m0/s1. The van der Waals surface area contributed by atoms with E-state index in [-0.39, 0.29) is 11.9 Å². The largest absolute Gasteiger partial charge is 0.354 e. The molecule has 5 nitrogen and oxygen atoms in total. The molecule has 0 unspecified atom stereocenters. The molecule has 1 fully saturated rings. The SMILES string of the molecule is C[C@@H](C(=O)Nc1ccccc1Sc1ccccc1)N1CCN(c2ccccn2)CC1. The minimum atomic E-state index is -0.189. The molecule has 1 amide bonds. The monoisotopic (exact) mass is 418 g/mol. The summed E-state index contributed by atoms with van der Waals surface area (Å²) in [6.45, 7) is 5.40. The Morgan fingerprint density at radius 3 is 2.37 bits per heavy atom. The molecule has 3 aromatic rings. The Morgan fingerprint density at radius 2 is 1.63 bits per heavy atom. The first-order valence-electron chi connectivity index (χ1n) is 10.2. The molecule has 6 heteroatoms. The summed E-state index contributed by atoms with van der Waals surface area (Å²) < 4.78 is 0.